The maximum Gasteiger partial charge on any atom is 0.0549 e. The van der Waals surface area contributed by atoms with Crippen LogP contribution in [0.1, 0.15) is 25.7 Å². The number of hydrazine groups is 1. The van der Waals surface area contributed by atoms with Gasteiger partial charge in [0.1, 0.15) is 0 Å². The minimum absolute atomic E-state index is 0.860. The SMILES string of the molecule is C1CNN[C](C2CCSCC2)C1. The number of hydrogen-bond acceptors (Lipinski definition) is 3. The molecule has 0 aromatic carbocycles. The molecule has 2 aliphatic rings. The topological polar surface area (TPSA) is 24.1 Å². The molecular formula is C9H17N2S. The van der Waals surface area contributed by atoms with Crippen molar-refractivity contribution in [1.29, 1.82) is 0 Å². The Hall–Kier alpha value is 0.270. The van der Waals surface area contributed by atoms with Gasteiger partial charge in [0.15, 0.2) is 0 Å². The van der Waals surface area contributed by atoms with Crippen LogP contribution in [0.2, 0.25) is 0 Å². The maximum absolute atomic E-state index is 3.35. The lowest BCUT2D eigenvalue weighted by atomic mass is 9.90. The highest BCUT2D eigenvalue weighted by molar-refractivity contribution is 7.99. The monoisotopic (exact) mass is 185 g/mol. The first-order chi connectivity index (χ1) is 5.97. The highest BCUT2D eigenvalue weighted by Crippen LogP contribution is 2.31. The zero-order valence-electron chi connectivity index (χ0n) is 7.44. The molecule has 2 N–H and O–H groups in total. The summed E-state index contributed by atoms with van der Waals surface area (Å²) in [5, 5.41) is 0. The van der Waals surface area contributed by atoms with Crippen LogP contribution < -0.4 is 10.9 Å². The first kappa shape index (κ1) is 8.85. The van der Waals surface area contributed by atoms with E-state index in [1.807, 2.05) is 0 Å². The third-order valence-electron chi connectivity index (χ3n) is 2.71. The van der Waals surface area contributed by atoms with Crippen LogP contribution in [0, 0.1) is 12.0 Å². The van der Waals surface area contributed by atoms with E-state index in [0.29, 0.717) is 0 Å². The van der Waals surface area contributed by atoms with Crippen molar-refractivity contribution in [2.45, 2.75) is 25.7 Å². The normalized spacial score (nSPS) is 29.0. The van der Waals surface area contributed by atoms with Gasteiger partial charge >= 0.3 is 0 Å². The standard InChI is InChI=1S/C9H17N2S/c1-2-9(11-10-5-1)8-3-6-12-7-4-8/h8,10-11H,1-7H2. The number of thioether (sulfide) groups is 1. The van der Waals surface area contributed by atoms with E-state index in [-0.39, 0.29) is 0 Å². The summed E-state index contributed by atoms with van der Waals surface area (Å²) in [4.78, 5) is 0. The van der Waals surface area contributed by atoms with Crippen LogP contribution in [0.3, 0.4) is 0 Å². The van der Waals surface area contributed by atoms with Crippen LogP contribution in [0.15, 0.2) is 0 Å². The van der Waals surface area contributed by atoms with Crippen molar-refractivity contribution in [2.75, 3.05) is 18.1 Å². The number of nitrogens with one attached hydrogen (secondary N) is 2. The van der Waals surface area contributed by atoms with Gasteiger partial charge < -0.3 is 0 Å². The molecule has 69 valence electrons. The summed E-state index contributed by atoms with van der Waals surface area (Å²) in [6.45, 7) is 1.13. The van der Waals surface area contributed by atoms with Crippen LogP contribution in [-0.2, 0) is 0 Å². The second kappa shape index (κ2) is 4.49. The van der Waals surface area contributed by atoms with Crippen molar-refractivity contribution in [3.63, 3.8) is 0 Å². The highest BCUT2D eigenvalue weighted by Gasteiger charge is 2.25. The van der Waals surface area contributed by atoms with Crippen molar-refractivity contribution in [3.05, 3.63) is 6.04 Å². The molecule has 12 heavy (non-hydrogen) atoms. The summed E-state index contributed by atoms with van der Waals surface area (Å²) in [5.41, 5.74) is 6.58. The Morgan fingerprint density at radius 2 is 2.08 bits per heavy atom. The van der Waals surface area contributed by atoms with Crippen molar-refractivity contribution >= 4 is 11.8 Å². The Bertz CT molecular complexity index is 112. The average molecular weight is 185 g/mol. The van der Waals surface area contributed by atoms with Gasteiger partial charge in [0.05, 0.1) is 6.04 Å². The predicted molar refractivity (Wildman–Crippen MR) is 53.7 cm³/mol. The zero-order valence-corrected chi connectivity index (χ0v) is 8.25. The van der Waals surface area contributed by atoms with Gasteiger partial charge in [-0.15, -0.1) is 0 Å². The Balaban J connectivity index is 1.80. The van der Waals surface area contributed by atoms with Gasteiger partial charge in [0.2, 0.25) is 0 Å². The van der Waals surface area contributed by atoms with Crippen molar-refractivity contribution < 1.29 is 0 Å². The van der Waals surface area contributed by atoms with Gasteiger partial charge in [-0.1, -0.05) is 0 Å². The maximum atomic E-state index is 3.35. The second-order valence-corrected chi connectivity index (χ2v) is 4.79. The molecule has 2 saturated heterocycles. The molecule has 2 aliphatic heterocycles. The van der Waals surface area contributed by atoms with Crippen molar-refractivity contribution in [2.24, 2.45) is 5.92 Å². The summed E-state index contributed by atoms with van der Waals surface area (Å²) in [5.74, 6) is 3.57. The molecule has 0 bridgehead atoms. The lowest BCUT2D eigenvalue weighted by Gasteiger charge is -2.32. The smallest absolute Gasteiger partial charge is 0.0549 e. The first-order valence-corrected chi connectivity index (χ1v) is 6.04. The van der Waals surface area contributed by atoms with E-state index in [1.165, 1.54) is 37.2 Å². The minimum Gasteiger partial charge on any atom is -0.257 e. The Morgan fingerprint density at radius 3 is 2.75 bits per heavy atom. The van der Waals surface area contributed by atoms with E-state index >= 15 is 0 Å². The third-order valence-corrected chi connectivity index (χ3v) is 3.76. The molecule has 0 aliphatic carbocycles. The fourth-order valence-electron chi connectivity index (χ4n) is 1.96. The van der Waals surface area contributed by atoms with Crippen molar-refractivity contribution in [1.82, 2.24) is 10.9 Å². The Labute approximate surface area is 78.8 Å². The molecule has 1 radical (unpaired) electrons. The minimum atomic E-state index is 0.860. The van der Waals surface area contributed by atoms with Crippen LogP contribution >= 0.6 is 11.8 Å². The van der Waals surface area contributed by atoms with Crippen LogP contribution in [0.25, 0.3) is 0 Å². The van der Waals surface area contributed by atoms with Gasteiger partial charge in [0.25, 0.3) is 0 Å². The molecule has 0 saturated carbocycles. The largest absolute Gasteiger partial charge is 0.257 e. The number of hydrogen-bond donors (Lipinski definition) is 2. The Morgan fingerprint density at radius 1 is 1.25 bits per heavy atom. The quantitative estimate of drug-likeness (QED) is 0.648. The molecule has 0 unspecified atom stereocenters. The lowest BCUT2D eigenvalue weighted by Crippen LogP contribution is -2.44. The Kier molecular flexibility index (Phi) is 3.31. The van der Waals surface area contributed by atoms with E-state index in [0.717, 1.165) is 12.5 Å². The summed E-state index contributed by atoms with van der Waals surface area (Å²) in [6, 6.07) is 1.57. The highest BCUT2D eigenvalue weighted by atomic mass is 32.2. The predicted octanol–water partition coefficient (Wildman–Crippen LogP) is 1.55. The zero-order chi connectivity index (χ0) is 8.23. The lowest BCUT2D eigenvalue weighted by molar-refractivity contribution is 0.338. The average Bonchev–Trinajstić information content (AvgIpc) is 2.21. The molecule has 0 spiro atoms. The van der Waals surface area contributed by atoms with Gasteiger partial charge in [-0.3, -0.25) is 5.43 Å². The van der Waals surface area contributed by atoms with Gasteiger partial charge in [-0.25, -0.2) is 5.43 Å². The van der Waals surface area contributed by atoms with E-state index in [9.17, 15) is 0 Å². The van der Waals surface area contributed by atoms with E-state index in [4.69, 9.17) is 0 Å². The molecule has 0 aromatic heterocycles. The molecule has 2 rings (SSSR count). The van der Waals surface area contributed by atoms with E-state index < -0.39 is 0 Å². The molecule has 2 heterocycles. The summed E-state index contributed by atoms with van der Waals surface area (Å²) >= 11 is 2.10. The fourth-order valence-corrected chi connectivity index (χ4v) is 3.06. The van der Waals surface area contributed by atoms with E-state index in [1.54, 1.807) is 6.04 Å². The molecular weight excluding hydrogens is 168 g/mol. The van der Waals surface area contributed by atoms with E-state index in [2.05, 4.69) is 22.6 Å². The summed E-state index contributed by atoms with van der Waals surface area (Å²) in [6.07, 6.45) is 5.37. The van der Waals surface area contributed by atoms with Crippen molar-refractivity contribution in [3.8, 4) is 0 Å². The molecule has 2 fully saturated rings. The molecule has 2 nitrogen and oxygen atoms in total. The van der Waals surface area contributed by atoms with Crippen LogP contribution in [0.5, 0.6) is 0 Å². The summed E-state index contributed by atoms with van der Waals surface area (Å²) in [7, 11) is 0. The first-order valence-electron chi connectivity index (χ1n) is 4.89. The fraction of sp³-hybridized carbons (Fsp3) is 0.889. The third kappa shape index (κ3) is 2.15. The molecule has 3 heteroatoms. The molecule has 0 amide bonds. The second-order valence-electron chi connectivity index (χ2n) is 3.57. The van der Waals surface area contributed by atoms with Gasteiger partial charge in [-0.05, 0) is 43.1 Å². The summed E-state index contributed by atoms with van der Waals surface area (Å²) < 4.78 is 0. The molecule has 0 aromatic rings. The number of rotatable bonds is 1. The van der Waals surface area contributed by atoms with Gasteiger partial charge in [0, 0.05) is 6.54 Å². The van der Waals surface area contributed by atoms with Gasteiger partial charge in [-0.2, -0.15) is 11.8 Å². The van der Waals surface area contributed by atoms with Crippen LogP contribution in [0.4, 0.5) is 0 Å². The molecule has 0 atom stereocenters. The van der Waals surface area contributed by atoms with Crippen LogP contribution in [-0.4, -0.2) is 18.1 Å².